The molecular formula is C38H32Cl2N2O10S2. The number of benzene rings is 4. The third-order valence-electron chi connectivity index (χ3n) is 7.30. The molecule has 0 radical (unpaired) electrons. The van der Waals surface area contributed by atoms with E-state index >= 15 is 0 Å². The Hall–Kier alpha value is -5.22. The van der Waals surface area contributed by atoms with Gasteiger partial charge in [-0.05, 0) is 35.4 Å². The second-order valence-electron chi connectivity index (χ2n) is 11.2. The molecule has 2 aromatic heterocycles. The topological polar surface area (TPSA) is 171 Å². The van der Waals surface area contributed by atoms with Crippen molar-refractivity contribution in [3.05, 3.63) is 187 Å². The summed E-state index contributed by atoms with van der Waals surface area (Å²) < 4.78 is 75.4. The molecule has 0 atom stereocenters. The van der Waals surface area contributed by atoms with Crippen LogP contribution in [0.15, 0.2) is 162 Å². The van der Waals surface area contributed by atoms with Gasteiger partial charge in [0.25, 0.3) is 0 Å². The van der Waals surface area contributed by atoms with Crippen molar-refractivity contribution in [1.82, 2.24) is 9.44 Å². The zero-order valence-corrected chi connectivity index (χ0v) is 31.3. The van der Waals surface area contributed by atoms with Gasteiger partial charge in [0.1, 0.15) is 47.1 Å². The second kappa shape index (κ2) is 18.7. The number of nitrogens with one attached hydrogen (secondary N) is 2. The van der Waals surface area contributed by atoms with Crippen molar-refractivity contribution in [3.8, 4) is 11.5 Å². The lowest BCUT2D eigenvalue weighted by Crippen LogP contribution is -2.24. The lowest BCUT2D eigenvalue weighted by Gasteiger charge is -2.08. The number of ether oxygens (including phenoxy) is 2. The molecule has 2 N–H and O–H groups in total. The van der Waals surface area contributed by atoms with Gasteiger partial charge in [0.05, 0.1) is 23.1 Å². The van der Waals surface area contributed by atoms with Crippen LogP contribution in [0.25, 0.3) is 0 Å². The summed E-state index contributed by atoms with van der Waals surface area (Å²) >= 11 is 11.8. The normalized spacial score (nSPS) is 11.3. The summed E-state index contributed by atoms with van der Waals surface area (Å²) in [6.45, 7) is 0.0672. The summed E-state index contributed by atoms with van der Waals surface area (Å²) in [5.74, 6) is 0.415. The van der Waals surface area contributed by atoms with E-state index in [0.29, 0.717) is 0 Å². The molecule has 6 rings (SSSR count). The Morgan fingerprint density at radius 3 is 1.22 bits per heavy atom. The summed E-state index contributed by atoms with van der Waals surface area (Å²) in [6.07, 6.45) is 2.34. The molecule has 0 amide bonds. The first-order chi connectivity index (χ1) is 25.9. The maximum atomic E-state index is 12.3. The van der Waals surface area contributed by atoms with Crippen LogP contribution < -0.4 is 29.8 Å². The number of rotatable bonds is 14. The zero-order valence-electron chi connectivity index (χ0n) is 28.2. The molecule has 0 unspecified atom stereocenters. The Kier molecular flexibility index (Phi) is 13.8. The van der Waals surface area contributed by atoms with Gasteiger partial charge in [-0.15, -0.1) is 0 Å². The minimum absolute atomic E-state index is 0.0446. The molecule has 16 heteroatoms. The largest absolute Gasteiger partial charge is 0.482 e. The van der Waals surface area contributed by atoms with Gasteiger partial charge in [-0.1, -0.05) is 108 Å². The molecule has 0 bridgehead atoms. The molecule has 54 heavy (non-hydrogen) atoms. The summed E-state index contributed by atoms with van der Waals surface area (Å²) in [5, 5.41) is 0.215. The standard InChI is InChI=1S/2C19H16ClNO5S/c2*20-16-8-4-5-9-19(16)27(23,24)21-11-15-10-17(22)18(13-25-15)26-12-14-6-2-1-3-7-14/h2*1-10,13,21H,11-12H2. The number of sulfonamides is 2. The molecule has 0 aliphatic rings. The first-order valence-corrected chi connectivity index (χ1v) is 19.7. The fraction of sp³-hybridized carbons (Fsp3) is 0.105. The maximum absolute atomic E-state index is 12.3. The molecule has 0 saturated carbocycles. The van der Waals surface area contributed by atoms with Crippen molar-refractivity contribution in [3.63, 3.8) is 0 Å². The molecule has 12 nitrogen and oxygen atoms in total. The third-order valence-corrected chi connectivity index (χ3v) is 11.1. The van der Waals surface area contributed by atoms with E-state index in [9.17, 15) is 26.4 Å². The zero-order chi connectivity index (χ0) is 38.6. The molecular weight excluding hydrogens is 779 g/mol. The van der Waals surface area contributed by atoms with Gasteiger partial charge in [-0.25, -0.2) is 26.3 Å². The predicted molar refractivity (Wildman–Crippen MR) is 202 cm³/mol. The lowest BCUT2D eigenvalue weighted by molar-refractivity contribution is 0.289. The van der Waals surface area contributed by atoms with Crippen LogP contribution in [0.4, 0.5) is 0 Å². The molecule has 0 fully saturated rings. The summed E-state index contributed by atoms with van der Waals surface area (Å²) in [4.78, 5) is 24.2. The molecule has 0 saturated heterocycles. The van der Waals surface area contributed by atoms with E-state index in [4.69, 9.17) is 41.5 Å². The second-order valence-corrected chi connectivity index (χ2v) is 15.5. The molecule has 280 valence electrons. The van der Waals surface area contributed by atoms with E-state index in [2.05, 4.69) is 9.44 Å². The van der Waals surface area contributed by atoms with Gasteiger partial charge < -0.3 is 18.3 Å². The van der Waals surface area contributed by atoms with E-state index in [0.717, 1.165) is 11.1 Å². The SMILES string of the molecule is O=c1cc(CNS(=O)(=O)c2ccccc2Cl)occ1OCc1ccccc1.O=c1cc(CNS(=O)(=O)c2ccccc2Cl)occ1OCc1ccccc1. The van der Waals surface area contributed by atoms with E-state index < -0.39 is 30.9 Å². The number of halogens is 2. The average Bonchev–Trinajstić information content (AvgIpc) is 3.17. The molecule has 0 spiro atoms. The highest BCUT2D eigenvalue weighted by molar-refractivity contribution is 7.89. The lowest BCUT2D eigenvalue weighted by atomic mass is 10.2. The van der Waals surface area contributed by atoms with Crippen LogP contribution in [0.5, 0.6) is 11.5 Å². The smallest absolute Gasteiger partial charge is 0.242 e. The maximum Gasteiger partial charge on any atom is 0.242 e. The highest BCUT2D eigenvalue weighted by Gasteiger charge is 2.19. The Labute approximate surface area is 321 Å². The first-order valence-electron chi connectivity index (χ1n) is 16.0. The van der Waals surface area contributed by atoms with Crippen LogP contribution in [-0.2, 0) is 46.3 Å². The van der Waals surface area contributed by atoms with Crippen LogP contribution in [0.3, 0.4) is 0 Å². The van der Waals surface area contributed by atoms with Crippen LogP contribution in [0.1, 0.15) is 22.6 Å². The van der Waals surface area contributed by atoms with Crippen molar-refractivity contribution in [2.24, 2.45) is 0 Å². The van der Waals surface area contributed by atoms with Gasteiger partial charge in [0.2, 0.25) is 42.4 Å². The van der Waals surface area contributed by atoms with Crippen LogP contribution in [0.2, 0.25) is 10.0 Å². The fourth-order valence-corrected chi connectivity index (χ4v) is 7.58. The molecule has 2 heterocycles. The van der Waals surface area contributed by atoms with E-state index in [1.165, 1.54) is 48.9 Å². The van der Waals surface area contributed by atoms with Gasteiger partial charge in [0.15, 0.2) is 0 Å². The van der Waals surface area contributed by atoms with Gasteiger partial charge in [0, 0.05) is 12.1 Å². The van der Waals surface area contributed by atoms with E-state index in [1.54, 1.807) is 24.3 Å². The van der Waals surface area contributed by atoms with Crippen LogP contribution in [-0.4, -0.2) is 16.8 Å². The third kappa shape index (κ3) is 11.4. The van der Waals surface area contributed by atoms with Crippen LogP contribution >= 0.6 is 23.2 Å². The summed E-state index contributed by atoms with van der Waals surface area (Å²) in [6, 6.07) is 33.3. The molecule has 6 aromatic rings. The van der Waals surface area contributed by atoms with Crippen molar-refractivity contribution in [1.29, 1.82) is 0 Å². The quantitative estimate of drug-likeness (QED) is 0.121. The van der Waals surface area contributed by atoms with Crippen molar-refractivity contribution in [2.45, 2.75) is 36.1 Å². The average molecular weight is 812 g/mol. The highest BCUT2D eigenvalue weighted by atomic mass is 35.5. The minimum atomic E-state index is -3.83. The van der Waals surface area contributed by atoms with Crippen molar-refractivity contribution in [2.75, 3.05) is 0 Å². The first kappa shape index (κ1) is 40.0. The molecule has 0 aliphatic carbocycles. The van der Waals surface area contributed by atoms with E-state index in [-0.39, 0.29) is 69.2 Å². The highest BCUT2D eigenvalue weighted by Crippen LogP contribution is 2.22. The van der Waals surface area contributed by atoms with Crippen LogP contribution in [0, 0.1) is 0 Å². The predicted octanol–water partition coefficient (Wildman–Crippen LogP) is 6.70. The van der Waals surface area contributed by atoms with Gasteiger partial charge in [-0.3, -0.25) is 9.59 Å². The van der Waals surface area contributed by atoms with Crippen molar-refractivity contribution < 1.29 is 35.1 Å². The van der Waals surface area contributed by atoms with E-state index in [1.807, 2.05) is 60.7 Å². The fourth-order valence-electron chi connectivity index (χ4n) is 4.56. The molecule has 0 aliphatic heterocycles. The van der Waals surface area contributed by atoms with Gasteiger partial charge >= 0.3 is 0 Å². The van der Waals surface area contributed by atoms with Gasteiger partial charge in [-0.2, -0.15) is 0 Å². The Bertz CT molecular complexity index is 2340. The Balaban J connectivity index is 0.000000208. The summed E-state index contributed by atoms with van der Waals surface area (Å²) in [7, 11) is -7.67. The number of hydrogen-bond donors (Lipinski definition) is 2. The Morgan fingerprint density at radius 1 is 0.519 bits per heavy atom. The molecule has 4 aromatic carbocycles. The van der Waals surface area contributed by atoms with Crippen molar-refractivity contribution >= 4 is 43.2 Å². The number of hydrogen-bond acceptors (Lipinski definition) is 10. The Morgan fingerprint density at radius 2 is 0.870 bits per heavy atom. The minimum Gasteiger partial charge on any atom is -0.482 e. The summed E-state index contributed by atoms with van der Waals surface area (Å²) in [5.41, 5.74) is 1.02. The monoisotopic (exact) mass is 810 g/mol.